The molecule has 0 bridgehead atoms. The van der Waals surface area contributed by atoms with Gasteiger partial charge < -0.3 is 10.1 Å². The van der Waals surface area contributed by atoms with Gasteiger partial charge in [0.2, 0.25) is 5.96 Å². The van der Waals surface area contributed by atoms with Gasteiger partial charge in [-0.3, -0.25) is 5.43 Å². The summed E-state index contributed by atoms with van der Waals surface area (Å²) in [5.74, 6) is 5.91. The lowest BCUT2D eigenvalue weighted by Gasteiger charge is -2.08. The SMILES string of the molecule is COCCCNC(=NCc1nccs1)NN. The Bertz CT molecular complexity index is 301. The first kappa shape index (κ1) is 12.9. The number of ether oxygens (including phenoxy) is 1. The summed E-state index contributed by atoms with van der Waals surface area (Å²) in [6, 6.07) is 0. The molecule has 0 radical (unpaired) electrons. The lowest BCUT2D eigenvalue weighted by atomic mass is 10.4. The van der Waals surface area contributed by atoms with Crippen LogP contribution in [0.15, 0.2) is 16.6 Å². The first-order valence-electron chi connectivity index (χ1n) is 4.99. The monoisotopic (exact) mass is 243 g/mol. The Labute approximate surface area is 98.9 Å². The molecular weight excluding hydrogens is 226 g/mol. The van der Waals surface area contributed by atoms with Gasteiger partial charge in [0.25, 0.3) is 0 Å². The van der Waals surface area contributed by atoms with Gasteiger partial charge in [-0.05, 0) is 6.42 Å². The molecule has 0 unspecified atom stereocenters. The lowest BCUT2D eigenvalue weighted by molar-refractivity contribution is 0.195. The van der Waals surface area contributed by atoms with Gasteiger partial charge in [-0.1, -0.05) is 0 Å². The van der Waals surface area contributed by atoms with Crippen molar-refractivity contribution in [2.24, 2.45) is 10.8 Å². The highest BCUT2D eigenvalue weighted by Crippen LogP contribution is 2.04. The van der Waals surface area contributed by atoms with E-state index in [-0.39, 0.29) is 0 Å². The summed E-state index contributed by atoms with van der Waals surface area (Å²) in [7, 11) is 1.68. The predicted octanol–water partition coefficient (Wildman–Crippen LogP) is 0.0885. The number of nitrogens with two attached hydrogens (primary N) is 1. The number of hydrogen-bond donors (Lipinski definition) is 3. The van der Waals surface area contributed by atoms with Gasteiger partial charge in [-0.2, -0.15) is 0 Å². The molecule has 1 aromatic rings. The highest BCUT2D eigenvalue weighted by atomic mass is 32.1. The second kappa shape index (κ2) is 8.03. The first-order chi connectivity index (χ1) is 7.86. The van der Waals surface area contributed by atoms with Crippen molar-refractivity contribution in [1.29, 1.82) is 0 Å². The number of nitrogens with one attached hydrogen (secondary N) is 2. The second-order valence-electron chi connectivity index (χ2n) is 3.01. The predicted molar refractivity (Wildman–Crippen MR) is 65.1 cm³/mol. The maximum atomic E-state index is 5.34. The van der Waals surface area contributed by atoms with Crippen LogP contribution in [0.25, 0.3) is 0 Å². The number of hydrogen-bond acceptors (Lipinski definition) is 5. The fraction of sp³-hybridized carbons (Fsp3) is 0.556. The topological polar surface area (TPSA) is 84.6 Å². The van der Waals surface area contributed by atoms with Crippen molar-refractivity contribution < 1.29 is 4.74 Å². The van der Waals surface area contributed by atoms with Crippen LogP contribution >= 0.6 is 11.3 Å². The van der Waals surface area contributed by atoms with E-state index in [9.17, 15) is 0 Å². The van der Waals surface area contributed by atoms with E-state index in [2.05, 4.69) is 20.7 Å². The molecule has 0 spiro atoms. The molecule has 0 fully saturated rings. The molecule has 0 saturated carbocycles. The molecule has 1 rings (SSSR count). The minimum absolute atomic E-state index is 0.536. The largest absolute Gasteiger partial charge is 0.385 e. The normalized spacial score (nSPS) is 11.5. The number of thiazole rings is 1. The highest BCUT2D eigenvalue weighted by Gasteiger charge is 1.97. The number of methoxy groups -OCH3 is 1. The van der Waals surface area contributed by atoms with Crippen LogP contribution in [0.2, 0.25) is 0 Å². The standard InChI is InChI=1S/C9H17N5OS/c1-15-5-2-3-12-9(14-10)13-7-8-11-4-6-16-8/h4,6H,2-3,5,7,10H2,1H3,(H2,12,13,14). The number of guanidine groups is 1. The first-order valence-corrected chi connectivity index (χ1v) is 5.87. The zero-order chi connectivity index (χ0) is 11.6. The van der Waals surface area contributed by atoms with E-state index in [0.29, 0.717) is 12.5 Å². The van der Waals surface area contributed by atoms with E-state index >= 15 is 0 Å². The van der Waals surface area contributed by atoms with Gasteiger partial charge in [0.05, 0.1) is 6.54 Å². The Morgan fingerprint density at radius 3 is 3.19 bits per heavy atom. The molecular formula is C9H17N5OS. The zero-order valence-electron chi connectivity index (χ0n) is 9.27. The number of hydrazine groups is 1. The van der Waals surface area contributed by atoms with E-state index in [1.165, 1.54) is 0 Å². The fourth-order valence-corrected chi connectivity index (χ4v) is 1.59. The zero-order valence-corrected chi connectivity index (χ0v) is 10.1. The van der Waals surface area contributed by atoms with Gasteiger partial charge in [-0.15, -0.1) is 11.3 Å². The van der Waals surface area contributed by atoms with Gasteiger partial charge >= 0.3 is 0 Å². The minimum Gasteiger partial charge on any atom is -0.385 e. The molecule has 0 aromatic carbocycles. The Morgan fingerprint density at radius 1 is 1.69 bits per heavy atom. The summed E-state index contributed by atoms with van der Waals surface area (Å²) < 4.78 is 4.94. The maximum Gasteiger partial charge on any atom is 0.206 e. The van der Waals surface area contributed by atoms with E-state index in [1.807, 2.05) is 5.38 Å². The summed E-state index contributed by atoms with van der Waals surface area (Å²) in [5, 5.41) is 5.96. The molecule has 6 nitrogen and oxygen atoms in total. The highest BCUT2D eigenvalue weighted by molar-refractivity contribution is 7.09. The van der Waals surface area contributed by atoms with Crippen molar-refractivity contribution >= 4 is 17.3 Å². The maximum absolute atomic E-state index is 5.34. The van der Waals surface area contributed by atoms with Gasteiger partial charge in [0.15, 0.2) is 0 Å². The van der Waals surface area contributed by atoms with Crippen molar-refractivity contribution in [2.75, 3.05) is 20.3 Å². The molecule has 0 aliphatic carbocycles. The van der Waals surface area contributed by atoms with Crippen molar-refractivity contribution in [1.82, 2.24) is 15.7 Å². The molecule has 0 amide bonds. The number of rotatable bonds is 6. The summed E-state index contributed by atoms with van der Waals surface area (Å²) in [6.45, 7) is 2.03. The van der Waals surface area contributed by atoms with Crippen LogP contribution in [-0.2, 0) is 11.3 Å². The smallest absolute Gasteiger partial charge is 0.206 e. The Morgan fingerprint density at radius 2 is 2.56 bits per heavy atom. The van der Waals surface area contributed by atoms with Crippen LogP contribution in [0.5, 0.6) is 0 Å². The molecule has 7 heteroatoms. The van der Waals surface area contributed by atoms with Crippen LogP contribution in [0.4, 0.5) is 0 Å². The lowest BCUT2D eigenvalue weighted by Crippen LogP contribution is -2.42. The molecule has 4 N–H and O–H groups in total. The Balaban J connectivity index is 2.27. The third-order valence-corrected chi connectivity index (χ3v) is 2.57. The van der Waals surface area contributed by atoms with E-state index in [4.69, 9.17) is 10.6 Å². The summed E-state index contributed by atoms with van der Waals surface area (Å²) in [4.78, 5) is 8.39. The van der Waals surface area contributed by atoms with E-state index in [0.717, 1.165) is 24.6 Å². The van der Waals surface area contributed by atoms with Gasteiger partial charge in [0.1, 0.15) is 5.01 Å². The molecule has 90 valence electrons. The van der Waals surface area contributed by atoms with Crippen LogP contribution in [0.1, 0.15) is 11.4 Å². The van der Waals surface area contributed by atoms with Crippen molar-refractivity contribution in [3.63, 3.8) is 0 Å². The summed E-state index contributed by atoms with van der Waals surface area (Å²) in [6.07, 6.45) is 2.67. The Hall–Kier alpha value is -1.18. The van der Waals surface area contributed by atoms with E-state index < -0.39 is 0 Å². The quantitative estimate of drug-likeness (QED) is 0.217. The van der Waals surface area contributed by atoms with Crippen molar-refractivity contribution in [3.05, 3.63) is 16.6 Å². The molecule has 0 aliphatic heterocycles. The number of nitrogens with zero attached hydrogens (tertiary/aromatic N) is 2. The fourth-order valence-electron chi connectivity index (χ4n) is 1.05. The summed E-state index contributed by atoms with van der Waals surface area (Å²) in [5.41, 5.74) is 2.52. The molecule has 1 heterocycles. The van der Waals surface area contributed by atoms with E-state index in [1.54, 1.807) is 24.6 Å². The second-order valence-corrected chi connectivity index (χ2v) is 3.99. The molecule has 16 heavy (non-hydrogen) atoms. The average Bonchev–Trinajstić information content (AvgIpc) is 2.81. The summed E-state index contributed by atoms with van der Waals surface area (Å²) >= 11 is 1.57. The molecule has 1 aromatic heterocycles. The van der Waals surface area contributed by atoms with Gasteiger partial charge in [0, 0.05) is 31.8 Å². The van der Waals surface area contributed by atoms with Gasteiger partial charge in [-0.25, -0.2) is 15.8 Å². The van der Waals surface area contributed by atoms with Crippen LogP contribution in [0.3, 0.4) is 0 Å². The third kappa shape index (κ3) is 5.06. The van der Waals surface area contributed by atoms with Crippen LogP contribution in [-0.4, -0.2) is 31.2 Å². The number of aromatic nitrogens is 1. The van der Waals surface area contributed by atoms with Crippen LogP contribution < -0.4 is 16.6 Å². The van der Waals surface area contributed by atoms with Crippen LogP contribution in [0, 0.1) is 0 Å². The van der Waals surface area contributed by atoms with Crippen molar-refractivity contribution in [2.45, 2.75) is 13.0 Å². The Kier molecular flexibility index (Phi) is 6.47. The van der Waals surface area contributed by atoms with Crippen molar-refractivity contribution in [3.8, 4) is 0 Å². The number of aliphatic imine (C=N–C) groups is 1. The third-order valence-electron chi connectivity index (χ3n) is 1.81. The molecule has 0 saturated heterocycles. The molecule has 0 aliphatic rings. The average molecular weight is 243 g/mol. The minimum atomic E-state index is 0.536. The molecule has 0 atom stereocenters.